The fourth-order valence-electron chi connectivity index (χ4n) is 3.67. The van der Waals surface area contributed by atoms with Gasteiger partial charge in [0.2, 0.25) is 0 Å². The highest BCUT2D eigenvalue weighted by Gasteiger charge is 2.39. The maximum Gasteiger partial charge on any atom is 0.257 e. The molecule has 25 heavy (non-hydrogen) atoms. The summed E-state index contributed by atoms with van der Waals surface area (Å²) in [5.41, 5.74) is 0.466. The van der Waals surface area contributed by atoms with Crippen molar-refractivity contribution in [2.45, 2.75) is 12.1 Å². The van der Waals surface area contributed by atoms with Gasteiger partial charge in [-0.15, -0.1) is 0 Å². The molecule has 0 unspecified atom stereocenters. The topological polar surface area (TPSA) is 65.5 Å². The van der Waals surface area contributed by atoms with Crippen molar-refractivity contribution < 1.29 is 19.4 Å². The Balaban J connectivity index is 1.74. The third kappa shape index (κ3) is 3.58. The number of nitrogens with zero attached hydrogens (tertiary/aromatic N) is 3. The largest absolute Gasteiger partial charge is 0.493 e. The van der Waals surface area contributed by atoms with Gasteiger partial charge in [0, 0.05) is 39.3 Å². The number of methoxy groups -OCH3 is 2. The number of rotatable bonds is 4. The van der Waals surface area contributed by atoms with Crippen molar-refractivity contribution in [2.24, 2.45) is 0 Å². The Morgan fingerprint density at radius 1 is 1.12 bits per heavy atom. The van der Waals surface area contributed by atoms with Crippen LogP contribution in [0.25, 0.3) is 0 Å². The van der Waals surface area contributed by atoms with Crippen LogP contribution in [-0.2, 0) is 0 Å². The Bertz CT molecular complexity index is 616. The van der Waals surface area contributed by atoms with Gasteiger partial charge in [-0.2, -0.15) is 0 Å². The minimum absolute atomic E-state index is 0.00532. The number of likely N-dealkylation sites (tertiary alicyclic amines) is 1. The molecular weight excluding hydrogens is 322 g/mol. The Morgan fingerprint density at radius 3 is 2.48 bits per heavy atom. The van der Waals surface area contributed by atoms with Crippen LogP contribution < -0.4 is 9.47 Å². The number of carbonyl (C=O) groups excluding carboxylic acids is 1. The minimum atomic E-state index is -0.524. The summed E-state index contributed by atoms with van der Waals surface area (Å²) < 4.78 is 10.7. The normalized spacial score (nSPS) is 25.2. The molecule has 3 rings (SSSR count). The lowest BCUT2D eigenvalue weighted by atomic mass is 10.1. The smallest absolute Gasteiger partial charge is 0.257 e. The van der Waals surface area contributed by atoms with Crippen LogP contribution in [-0.4, -0.2) is 98.4 Å². The number of aliphatic hydroxyl groups excluding tert-OH is 1. The van der Waals surface area contributed by atoms with E-state index in [2.05, 4.69) is 16.8 Å². The summed E-state index contributed by atoms with van der Waals surface area (Å²) in [5, 5.41) is 10.5. The Morgan fingerprint density at radius 2 is 1.84 bits per heavy atom. The van der Waals surface area contributed by atoms with E-state index in [1.165, 1.54) is 7.11 Å². The summed E-state index contributed by atoms with van der Waals surface area (Å²) in [6.07, 6.45) is -0.524. The molecule has 1 aromatic carbocycles. The number of amides is 1. The van der Waals surface area contributed by atoms with Crippen molar-refractivity contribution >= 4 is 5.91 Å². The lowest BCUT2D eigenvalue weighted by Crippen LogP contribution is -2.52. The number of ether oxygens (including phenoxy) is 2. The van der Waals surface area contributed by atoms with Gasteiger partial charge in [0.15, 0.2) is 11.5 Å². The zero-order valence-electron chi connectivity index (χ0n) is 15.1. The number of para-hydroxylation sites is 1. The number of hydrogen-bond donors (Lipinski definition) is 1. The van der Waals surface area contributed by atoms with Crippen LogP contribution in [0.5, 0.6) is 11.5 Å². The summed E-state index contributed by atoms with van der Waals surface area (Å²) in [4.78, 5) is 19.3. The third-order valence-corrected chi connectivity index (χ3v) is 5.19. The SMILES string of the molecule is COc1cccc(C(=O)N2C[C@H](O)[C@@H](N3CCN(C)CC3)C2)c1OC. The molecule has 1 amide bonds. The maximum atomic E-state index is 13.0. The van der Waals surface area contributed by atoms with Crippen molar-refractivity contribution in [3.63, 3.8) is 0 Å². The van der Waals surface area contributed by atoms with Crippen LogP contribution in [0.4, 0.5) is 0 Å². The molecule has 0 spiro atoms. The lowest BCUT2D eigenvalue weighted by molar-refractivity contribution is 0.0512. The van der Waals surface area contributed by atoms with E-state index in [9.17, 15) is 9.90 Å². The van der Waals surface area contributed by atoms with Gasteiger partial charge in [0.25, 0.3) is 5.91 Å². The van der Waals surface area contributed by atoms with E-state index in [1.54, 1.807) is 30.2 Å². The lowest BCUT2D eigenvalue weighted by Gasteiger charge is -2.37. The molecule has 2 aliphatic rings. The van der Waals surface area contributed by atoms with Gasteiger partial charge >= 0.3 is 0 Å². The van der Waals surface area contributed by atoms with E-state index in [0.717, 1.165) is 26.2 Å². The summed E-state index contributed by atoms with van der Waals surface area (Å²) in [7, 11) is 5.18. The second-order valence-corrected chi connectivity index (χ2v) is 6.73. The van der Waals surface area contributed by atoms with Crippen molar-refractivity contribution in [2.75, 3.05) is 60.5 Å². The second-order valence-electron chi connectivity index (χ2n) is 6.73. The fourth-order valence-corrected chi connectivity index (χ4v) is 3.67. The van der Waals surface area contributed by atoms with Crippen LogP contribution in [0, 0.1) is 0 Å². The average Bonchev–Trinajstić information content (AvgIpc) is 3.02. The predicted octanol–water partition coefficient (Wildman–Crippen LogP) is 0.137. The first-order valence-corrected chi connectivity index (χ1v) is 8.66. The molecular formula is C18H27N3O4. The highest BCUT2D eigenvalue weighted by Crippen LogP contribution is 2.32. The summed E-state index contributed by atoms with van der Waals surface area (Å²) >= 11 is 0. The monoisotopic (exact) mass is 349 g/mol. The number of carbonyl (C=O) groups is 1. The van der Waals surface area contributed by atoms with Gasteiger partial charge in [-0.25, -0.2) is 0 Å². The van der Waals surface area contributed by atoms with Crippen LogP contribution in [0.1, 0.15) is 10.4 Å². The maximum absolute atomic E-state index is 13.0. The molecule has 1 N–H and O–H groups in total. The van der Waals surface area contributed by atoms with E-state index < -0.39 is 6.10 Å². The fraction of sp³-hybridized carbons (Fsp3) is 0.611. The summed E-state index contributed by atoms with van der Waals surface area (Å²) in [5.74, 6) is 0.836. The standard InChI is InChI=1S/C18H27N3O4/c1-19-7-9-20(10-8-19)14-11-21(12-15(14)22)18(23)13-5-4-6-16(24-2)17(13)25-3/h4-6,14-15,22H,7-12H2,1-3H3/t14-,15-/m0/s1. The van der Waals surface area contributed by atoms with E-state index in [4.69, 9.17) is 9.47 Å². The van der Waals surface area contributed by atoms with Crippen LogP contribution in [0.2, 0.25) is 0 Å². The molecule has 138 valence electrons. The molecule has 1 aromatic rings. The van der Waals surface area contributed by atoms with Gasteiger partial charge < -0.3 is 24.4 Å². The summed E-state index contributed by atoms with van der Waals surface area (Å²) in [6, 6.07) is 5.27. The van der Waals surface area contributed by atoms with E-state index in [1.807, 2.05) is 0 Å². The second kappa shape index (κ2) is 7.59. The quantitative estimate of drug-likeness (QED) is 0.834. The van der Waals surface area contributed by atoms with Gasteiger partial charge in [0.05, 0.1) is 31.9 Å². The number of aliphatic hydroxyl groups is 1. The molecule has 0 saturated carbocycles. The first-order valence-electron chi connectivity index (χ1n) is 8.66. The van der Waals surface area contributed by atoms with E-state index >= 15 is 0 Å². The van der Waals surface area contributed by atoms with Gasteiger partial charge in [0.1, 0.15) is 0 Å². The van der Waals surface area contributed by atoms with Crippen molar-refractivity contribution in [1.29, 1.82) is 0 Å². The number of likely N-dealkylation sites (N-methyl/N-ethyl adjacent to an activating group) is 1. The zero-order valence-corrected chi connectivity index (χ0v) is 15.1. The predicted molar refractivity (Wildman–Crippen MR) is 94.3 cm³/mol. The van der Waals surface area contributed by atoms with Crippen molar-refractivity contribution in [3.8, 4) is 11.5 Å². The Labute approximate surface area is 148 Å². The highest BCUT2D eigenvalue weighted by atomic mass is 16.5. The molecule has 2 atom stereocenters. The summed E-state index contributed by atoms with van der Waals surface area (Å²) in [6.45, 7) is 4.69. The first-order chi connectivity index (χ1) is 12.0. The number of piperazine rings is 1. The Hall–Kier alpha value is -1.83. The third-order valence-electron chi connectivity index (χ3n) is 5.19. The van der Waals surface area contributed by atoms with E-state index in [0.29, 0.717) is 30.2 Å². The molecule has 2 fully saturated rings. The van der Waals surface area contributed by atoms with Crippen LogP contribution in [0.15, 0.2) is 18.2 Å². The van der Waals surface area contributed by atoms with Crippen molar-refractivity contribution in [1.82, 2.24) is 14.7 Å². The molecule has 0 radical (unpaired) electrons. The number of hydrogen-bond acceptors (Lipinski definition) is 6. The van der Waals surface area contributed by atoms with Crippen molar-refractivity contribution in [3.05, 3.63) is 23.8 Å². The average molecular weight is 349 g/mol. The van der Waals surface area contributed by atoms with E-state index in [-0.39, 0.29) is 11.9 Å². The molecule has 7 heteroatoms. The van der Waals surface area contributed by atoms with Gasteiger partial charge in [-0.3, -0.25) is 9.69 Å². The molecule has 7 nitrogen and oxygen atoms in total. The minimum Gasteiger partial charge on any atom is -0.493 e. The van der Waals surface area contributed by atoms with Crippen LogP contribution >= 0.6 is 0 Å². The Kier molecular flexibility index (Phi) is 5.46. The highest BCUT2D eigenvalue weighted by molar-refractivity contribution is 5.98. The molecule has 2 aliphatic heterocycles. The molecule has 2 saturated heterocycles. The first kappa shape index (κ1) is 18.0. The molecule has 2 heterocycles. The van der Waals surface area contributed by atoms with Gasteiger partial charge in [-0.1, -0.05) is 6.07 Å². The van der Waals surface area contributed by atoms with Gasteiger partial charge in [-0.05, 0) is 19.2 Å². The molecule has 0 aliphatic carbocycles. The number of β-amino-alcohol motifs (C(OH)–C–C–N with tert-alkyl or cyclic N) is 1. The van der Waals surface area contributed by atoms with Crippen LogP contribution in [0.3, 0.4) is 0 Å². The molecule has 0 bridgehead atoms. The molecule has 0 aromatic heterocycles. The number of benzene rings is 1. The zero-order chi connectivity index (χ0) is 18.0.